The van der Waals surface area contributed by atoms with Gasteiger partial charge in [-0.3, -0.25) is 13.9 Å². The number of hydrogen-bond donors (Lipinski definition) is 1. The lowest BCUT2D eigenvalue weighted by atomic mass is 9.95. The van der Waals surface area contributed by atoms with E-state index in [4.69, 9.17) is 42.1 Å². The van der Waals surface area contributed by atoms with Gasteiger partial charge in [0.25, 0.3) is 10.0 Å². The number of sulfonamides is 1. The van der Waals surface area contributed by atoms with Crippen LogP contribution in [0.4, 0.5) is 5.69 Å². The van der Waals surface area contributed by atoms with E-state index >= 15 is 0 Å². The second-order valence-corrected chi connectivity index (χ2v) is 14.3. The minimum Gasteiger partial charge on any atom is -0.497 e. The molecule has 3 aromatic rings. The molecule has 2 amide bonds. The summed E-state index contributed by atoms with van der Waals surface area (Å²) in [6, 6.07) is 12.7. The number of halogens is 2. The highest BCUT2D eigenvalue weighted by Crippen LogP contribution is 2.38. The predicted octanol–water partition coefficient (Wildman–Crippen LogP) is 6.48. The number of amides is 2. The molecule has 0 saturated heterocycles. The van der Waals surface area contributed by atoms with Crippen molar-refractivity contribution >= 4 is 50.7 Å². The SMILES string of the molecule is CC[C@@H](C(=O)NC1CCCCC1)N(Cc1ccc(Cl)cc1Cl)C(=O)CN(c1cc(OC)ccc1OC)S(=O)(=O)c1ccc(OC)c(OC)c1. The van der Waals surface area contributed by atoms with Crippen molar-refractivity contribution in [3.8, 4) is 23.0 Å². The van der Waals surface area contributed by atoms with E-state index in [0.29, 0.717) is 27.1 Å². The van der Waals surface area contributed by atoms with Crippen LogP contribution in [0.15, 0.2) is 59.5 Å². The number of nitrogens with zero attached hydrogens (tertiary/aromatic N) is 2. The molecule has 1 N–H and O–H groups in total. The topological polar surface area (TPSA) is 124 Å². The average Bonchev–Trinajstić information content (AvgIpc) is 3.10. The van der Waals surface area contributed by atoms with Crippen LogP contribution in [0, 0.1) is 0 Å². The van der Waals surface area contributed by atoms with Gasteiger partial charge in [-0.2, -0.15) is 0 Å². The van der Waals surface area contributed by atoms with Gasteiger partial charge in [-0.25, -0.2) is 8.42 Å². The minimum atomic E-state index is -4.49. The van der Waals surface area contributed by atoms with Gasteiger partial charge < -0.3 is 29.2 Å². The Morgan fingerprint density at radius 3 is 2.14 bits per heavy atom. The van der Waals surface area contributed by atoms with Gasteiger partial charge in [0.1, 0.15) is 24.1 Å². The Balaban J connectivity index is 1.83. The molecule has 4 rings (SSSR count). The lowest BCUT2D eigenvalue weighted by Gasteiger charge is -2.35. The number of carbonyl (C=O) groups is 2. The fourth-order valence-electron chi connectivity index (χ4n) is 5.91. The summed E-state index contributed by atoms with van der Waals surface area (Å²) in [5.41, 5.74) is 0.589. The van der Waals surface area contributed by atoms with Crippen LogP contribution in [-0.2, 0) is 26.2 Å². The number of anilines is 1. The van der Waals surface area contributed by atoms with Crippen LogP contribution in [0.25, 0.3) is 0 Å². The number of benzene rings is 3. The third-order valence-electron chi connectivity index (χ3n) is 8.57. The number of carbonyl (C=O) groups excluding carboxylic acids is 2. The van der Waals surface area contributed by atoms with Crippen LogP contribution >= 0.6 is 23.2 Å². The summed E-state index contributed by atoms with van der Waals surface area (Å²) in [5.74, 6) is 0.0401. The zero-order valence-corrected chi connectivity index (χ0v) is 30.7. The van der Waals surface area contributed by atoms with Gasteiger partial charge in [-0.15, -0.1) is 0 Å². The van der Waals surface area contributed by atoms with E-state index in [1.165, 1.54) is 57.6 Å². The van der Waals surface area contributed by atoms with Crippen LogP contribution < -0.4 is 28.6 Å². The van der Waals surface area contributed by atoms with Crippen molar-refractivity contribution in [1.82, 2.24) is 10.2 Å². The molecule has 14 heteroatoms. The maximum absolute atomic E-state index is 14.6. The normalized spacial score (nSPS) is 14.0. The minimum absolute atomic E-state index is 0.00524. The van der Waals surface area contributed by atoms with Crippen LogP contribution in [0.2, 0.25) is 10.0 Å². The third-order valence-corrected chi connectivity index (χ3v) is 10.9. The second kappa shape index (κ2) is 17.2. The standard InChI is InChI=1S/C35H43Cl2N3O8S/c1-6-29(35(42)38-25-10-8-7-9-11-25)39(21-23-12-13-24(36)18-28(23)37)34(41)22-40(30-19-26(45-2)14-16-31(30)46-3)49(43,44)27-15-17-32(47-4)33(20-27)48-5/h12-20,25,29H,6-11,21-22H2,1-5H3,(H,38,42)/t29-/m0/s1. The quantitative estimate of drug-likeness (QED) is 0.188. The first-order chi connectivity index (χ1) is 23.5. The average molecular weight is 737 g/mol. The van der Waals surface area contributed by atoms with Crippen LogP contribution in [-0.4, -0.2) is 72.2 Å². The third kappa shape index (κ3) is 9.03. The van der Waals surface area contributed by atoms with Gasteiger partial charge in [0.2, 0.25) is 11.8 Å². The summed E-state index contributed by atoms with van der Waals surface area (Å²) < 4.78 is 51.7. The fourth-order valence-corrected chi connectivity index (χ4v) is 7.81. The Morgan fingerprint density at radius 2 is 1.53 bits per heavy atom. The summed E-state index contributed by atoms with van der Waals surface area (Å²) in [7, 11) is 1.18. The number of ether oxygens (including phenoxy) is 4. The van der Waals surface area contributed by atoms with E-state index in [1.807, 2.05) is 0 Å². The van der Waals surface area contributed by atoms with Crippen molar-refractivity contribution in [2.24, 2.45) is 0 Å². The highest BCUT2D eigenvalue weighted by molar-refractivity contribution is 7.92. The molecule has 0 heterocycles. The van der Waals surface area contributed by atoms with Crippen molar-refractivity contribution in [2.45, 2.75) is 69.0 Å². The summed E-state index contributed by atoms with van der Waals surface area (Å²) in [6.45, 7) is 1.03. The Hall–Kier alpha value is -3.87. The van der Waals surface area contributed by atoms with Crippen molar-refractivity contribution in [2.75, 3.05) is 39.3 Å². The molecule has 0 radical (unpaired) electrons. The molecule has 11 nitrogen and oxygen atoms in total. The number of nitrogens with one attached hydrogen (secondary N) is 1. The van der Waals surface area contributed by atoms with Crippen molar-refractivity contribution < 1.29 is 37.0 Å². The van der Waals surface area contributed by atoms with E-state index in [1.54, 1.807) is 37.3 Å². The van der Waals surface area contributed by atoms with E-state index < -0.39 is 28.5 Å². The van der Waals surface area contributed by atoms with Gasteiger partial charge in [0.15, 0.2) is 11.5 Å². The number of hydrogen-bond acceptors (Lipinski definition) is 8. The van der Waals surface area contributed by atoms with Crippen LogP contribution in [0.3, 0.4) is 0 Å². The molecule has 0 aliphatic heterocycles. The van der Waals surface area contributed by atoms with E-state index in [-0.39, 0.29) is 47.0 Å². The molecule has 0 aromatic heterocycles. The monoisotopic (exact) mass is 735 g/mol. The molecule has 3 aromatic carbocycles. The first-order valence-corrected chi connectivity index (χ1v) is 18.2. The lowest BCUT2D eigenvalue weighted by molar-refractivity contribution is -0.140. The van der Waals surface area contributed by atoms with Crippen LogP contribution in [0.1, 0.15) is 51.0 Å². The first-order valence-electron chi connectivity index (χ1n) is 16.0. The van der Waals surface area contributed by atoms with E-state index in [2.05, 4.69) is 5.32 Å². The number of methoxy groups -OCH3 is 4. The fraction of sp³-hybridized carbons (Fsp3) is 0.429. The van der Waals surface area contributed by atoms with Crippen LogP contribution in [0.5, 0.6) is 23.0 Å². The molecule has 1 aliphatic carbocycles. The van der Waals surface area contributed by atoms with Gasteiger partial charge >= 0.3 is 0 Å². The first kappa shape index (κ1) is 37.9. The second-order valence-electron chi connectivity index (χ2n) is 11.6. The molecule has 0 bridgehead atoms. The molecule has 1 fully saturated rings. The Bertz CT molecular complexity index is 1730. The maximum Gasteiger partial charge on any atom is 0.265 e. The molecule has 1 saturated carbocycles. The van der Waals surface area contributed by atoms with Gasteiger partial charge in [0, 0.05) is 34.8 Å². The highest BCUT2D eigenvalue weighted by atomic mass is 35.5. The summed E-state index contributed by atoms with van der Waals surface area (Å²) >= 11 is 12.7. The predicted molar refractivity (Wildman–Crippen MR) is 190 cm³/mol. The van der Waals surface area contributed by atoms with Crippen molar-refractivity contribution in [3.63, 3.8) is 0 Å². The Labute approximate surface area is 298 Å². The van der Waals surface area contributed by atoms with E-state index in [0.717, 1.165) is 36.4 Å². The Morgan fingerprint density at radius 1 is 0.857 bits per heavy atom. The smallest absolute Gasteiger partial charge is 0.265 e. The van der Waals surface area contributed by atoms with Crippen molar-refractivity contribution in [1.29, 1.82) is 0 Å². The zero-order valence-electron chi connectivity index (χ0n) is 28.3. The van der Waals surface area contributed by atoms with Gasteiger partial charge in [0.05, 0.1) is 39.0 Å². The lowest BCUT2D eigenvalue weighted by Crippen LogP contribution is -2.54. The summed E-state index contributed by atoms with van der Waals surface area (Å²) in [5, 5.41) is 3.84. The molecule has 0 unspecified atom stereocenters. The molecule has 266 valence electrons. The molecular formula is C35H43Cl2N3O8S. The summed E-state index contributed by atoms with van der Waals surface area (Å²) in [4.78, 5) is 29.7. The van der Waals surface area contributed by atoms with Crippen molar-refractivity contribution in [3.05, 3.63) is 70.2 Å². The molecule has 49 heavy (non-hydrogen) atoms. The molecular weight excluding hydrogens is 693 g/mol. The largest absolute Gasteiger partial charge is 0.497 e. The number of rotatable bonds is 15. The highest BCUT2D eigenvalue weighted by Gasteiger charge is 2.36. The maximum atomic E-state index is 14.6. The molecule has 1 atom stereocenters. The zero-order chi connectivity index (χ0) is 35.7. The Kier molecular flexibility index (Phi) is 13.3. The molecule has 1 aliphatic rings. The summed E-state index contributed by atoms with van der Waals surface area (Å²) in [6.07, 6.45) is 5.10. The van der Waals surface area contributed by atoms with E-state index in [9.17, 15) is 18.0 Å². The van der Waals surface area contributed by atoms with Gasteiger partial charge in [-0.1, -0.05) is 55.5 Å². The van der Waals surface area contributed by atoms with Gasteiger partial charge in [-0.05, 0) is 61.2 Å². The molecule has 0 spiro atoms.